The molecule has 2 bridgehead atoms. The fourth-order valence-electron chi connectivity index (χ4n) is 7.50. The first kappa shape index (κ1) is 26.9. The van der Waals surface area contributed by atoms with Crippen molar-refractivity contribution in [1.82, 2.24) is 14.7 Å². The summed E-state index contributed by atoms with van der Waals surface area (Å²) in [4.78, 5) is 47.3. The topological polar surface area (TPSA) is 90.4 Å². The number of hydrogen-bond donors (Lipinski definition) is 1. The Morgan fingerprint density at radius 1 is 1.17 bits per heavy atom. The average Bonchev–Trinajstić information content (AvgIpc) is 3.37. The Kier molecular flexibility index (Phi) is 7.68. The maximum absolute atomic E-state index is 14.4. The molecule has 1 saturated carbocycles. The molecular formula is C28H43N3O5. The summed E-state index contributed by atoms with van der Waals surface area (Å²) in [7, 11) is 1.72. The number of aliphatic hydroxyl groups is 1. The van der Waals surface area contributed by atoms with E-state index in [0.29, 0.717) is 25.9 Å². The first-order chi connectivity index (χ1) is 17.2. The highest BCUT2D eigenvalue weighted by atomic mass is 16.5. The summed E-state index contributed by atoms with van der Waals surface area (Å²) in [6.07, 6.45) is 9.54. The Morgan fingerprint density at radius 2 is 1.83 bits per heavy atom. The molecule has 4 rings (SSSR count). The molecule has 8 nitrogen and oxygen atoms in total. The van der Waals surface area contributed by atoms with Gasteiger partial charge in [-0.1, -0.05) is 38.3 Å². The average molecular weight is 502 g/mol. The van der Waals surface area contributed by atoms with Crippen LogP contribution in [0, 0.1) is 17.8 Å². The van der Waals surface area contributed by atoms with Crippen molar-refractivity contribution in [3.63, 3.8) is 0 Å². The number of ether oxygens (including phenoxy) is 1. The Morgan fingerprint density at radius 3 is 2.44 bits per heavy atom. The van der Waals surface area contributed by atoms with Crippen LogP contribution in [-0.4, -0.2) is 94.1 Å². The summed E-state index contributed by atoms with van der Waals surface area (Å²) < 4.78 is 6.80. The first-order valence-electron chi connectivity index (χ1n) is 13.6. The molecule has 3 aliphatic heterocycles. The normalized spacial score (nSPS) is 35.6. The van der Waals surface area contributed by atoms with E-state index in [1.807, 2.05) is 11.8 Å². The molecule has 1 aliphatic carbocycles. The molecule has 0 aromatic rings. The molecular weight excluding hydrogens is 458 g/mol. The van der Waals surface area contributed by atoms with E-state index in [2.05, 4.69) is 20.1 Å². The van der Waals surface area contributed by atoms with Crippen molar-refractivity contribution in [3.05, 3.63) is 25.3 Å². The van der Waals surface area contributed by atoms with E-state index >= 15 is 0 Å². The monoisotopic (exact) mass is 501 g/mol. The van der Waals surface area contributed by atoms with Crippen LogP contribution in [0.5, 0.6) is 0 Å². The maximum Gasteiger partial charge on any atom is 0.248 e. The lowest BCUT2D eigenvalue weighted by molar-refractivity contribution is -0.155. The van der Waals surface area contributed by atoms with Crippen LogP contribution in [0.25, 0.3) is 0 Å². The molecule has 0 radical (unpaired) electrons. The van der Waals surface area contributed by atoms with Gasteiger partial charge in [-0.3, -0.25) is 14.4 Å². The van der Waals surface area contributed by atoms with Crippen LogP contribution in [0.3, 0.4) is 0 Å². The summed E-state index contributed by atoms with van der Waals surface area (Å²) in [6, 6.07) is -0.701. The molecule has 1 N–H and O–H groups in total. The number of hydrogen-bond acceptors (Lipinski definition) is 5. The third-order valence-corrected chi connectivity index (χ3v) is 9.28. The first-order valence-corrected chi connectivity index (χ1v) is 13.6. The Hall–Kier alpha value is -2.19. The summed E-state index contributed by atoms with van der Waals surface area (Å²) in [5.41, 5.74) is -1.89. The lowest BCUT2D eigenvalue weighted by Gasteiger charge is -2.41. The number of carbonyl (C=O) groups excluding carboxylic acids is 3. The molecule has 1 spiro atoms. The molecule has 8 heteroatoms. The van der Waals surface area contributed by atoms with Gasteiger partial charge in [0.15, 0.2) is 0 Å². The minimum absolute atomic E-state index is 0.00302. The molecule has 3 saturated heterocycles. The quantitative estimate of drug-likeness (QED) is 0.464. The van der Waals surface area contributed by atoms with Crippen molar-refractivity contribution in [2.45, 2.75) is 82.1 Å². The number of likely N-dealkylation sites (N-methyl/N-ethyl adjacent to an activating group) is 1. The number of rotatable bonds is 10. The molecule has 200 valence electrons. The molecule has 4 aliphatic rings. The zero-order valence-electron chi connectivity index (χ0n) is 22.2. The largest absolute Gasteiger partial charge is 0.396 e. The van der Waals surface area contributed by atoms with E-state index in [0.717, 1.165) is 25.7 Å². The highest BCUT2D eigenvalue weighted by Gasteiger charge is 2.80. The highest BCUT2D eigenvalue weighted by Crippen LogP contribution is 2.65. The second-order valence-corrected chi connectivity index (χ2v) is 11.4. The number of aliphatic hydroxyl groups excluding tert-OH is 1. The SMILES string of the molecule is C=CCN(C)C(=O)[C@H]1[C@H]2C(=O)N(CCCO)C(C(=O)N(CC=C)C3CCCCC3)C23CC(C)[C@]1(C)O3. The van der Waals surface area contributed by atoms with Gasteiger partial charge in [0.1, 0.15) is 11.6 Å². The number of carbonyl (C=O) groups is 3. The minimum Gasteiger partial charge on any atom is -0.396 e. The Labute approximate surface area is 215 Å². The predicted octanol–water partition coefficient (Wildman–Crippen LogP) is 2.37. The van der Waals surface area contributed by atoms with Crippen molar-refractivity contribution in [2.75, 3.05) is 33.3 Å². The van der Waals surface area contributed by atoms with Crippen molar-refractivity contribution in [1.29, 1.82) is 0 Å². The number of likely N-dealkylation sites (tertiary alicyclic amines) is 1. The van der Waals surface area contributed by atoms with Crippen molar-refractivity contribution in [2.24, 2.45) is 17.8 Å². The summed E-state index contributed by atoms with van der Waals surface area (Å²) in [6.45, 7) is 12.6. The third-order valence-electron chi connectivity index (χ3n) is 9.28. The zero-order chi connectivity index (χ0) is 26.3. The predicted molar refractivity (Wildman–Crippen MR) is 137 cm³/mol. The van der Waals surface area contributed by atoms with E-state index in [9.17, 15) is 19.5 Å². The lowest BCUT2D eigenvalue weighted by Crippen LogP contribution is -2.58. The summed E-state index contributed by atoms with van der Waals surface area (Å²) in [5.74, 6) is -1.85. The van der Waals surface area contributed by atoms with Crippen molar-refractivity contribution < 1.29 is 24.2 Å². The lowest BCUT2D eigenvalue weighted by atomic mass is 9.62. The van der Waals surface area contributed by atoms with Crippen LogP contribution in [0.15, 0.2) is 25.3 Å². The smallest absolute Gasteiger partial charge is 0.248 e. The molecule has 6 atom stereocenters. The zero-order valence-corrected chi connectivity index (χ0v) is 22.2. The van der Waals surface area contributed by atoms with Crippen LogP contribution in [0.4, 0.5) is 0 Å². The second-order valence-electron chi connectivity index (χ2n) is 11.4. The van der Waals surface area contributed by atoms with Gasteiger partial charge in [-0.15, -0.1) is 13.2 Å². The number of amides is 3. The number of nitrogens with zero attached hydrogens (tertiary/aromatic N) is 3. The van der Waals surface area contributed by atoms with Gasteiger partial charge >= 0.3 is 0 Å². The summed E-state index contributed by atoms with van der Waals surface area (Å²) >= 11 is 0. The molecule has 0 aromatic carbocycles. The molecule has 0 aromatic heterocycles. The van der Waals surface area contributed by atoms with Gasteiger partial charge < -0.3 is 24.5 Å². The third kappa shape index (κ3) is 4.01. The molecule has 4 fully saturated rings. The highest BCUT2D eigenvalue weighted by molar-refractivity contribution is 5.99. The Bertz CT molecular complexity index is 902. The standard InChI is InChI=1S/C28H43N3O5/c1-6-14-29(5)24(33)21-22-25(34)31(16-11-17-32)23(28(22)18-19(3)27(21,4)36-28)26(35)30(15-7-2)20-12-9-8-10-13-20/h6-7,19-23,32H,1-2,8-18H2,3-5H3/t19?,21-,22+,23?,27+,28?/m1/s1. The summed E-state index contributed by atoms with van der Waals surface area (Å²) in [5, 5.41) is 9.57. The van der Waals surface area contributed by atoms with E-state index in [1.165, 1.54) is 6.42 Å². The van der Waals surface area contributed by atoms with Crippen LogP contribution in [0.1, 0.15) is 58.8 Å². The van der Waals surface area contributed by atoms with Crippen LogP contribution in [-0.2, 0) is 19.1 Å². The fourth-order valence-corrected chi connectivity index (χ4v) is 7.50. The van der Waals surface area contributed by atoms with Crippen LogP contribution < -0.4 is 0 Å². The molecule has 3 unspecified atom stereocenters. The van der Waals surface area contributed by atoms with Gasteiger partial charge in [0.05, 0.1) is 17.4 Å². The van der Waals surface area contributed by atoms with Gasteiger partial charge in [0.25, 0.3) is 0 Å². The fraction of sp³-hybridized carbons (Fsp3) is 0.750. The van der Waals surface area contributed by atoms with Gasteiger partial charge in [-0.25, -0.2) is 0 Å². The van der Waals surface area contributed by atoms with E-state index in [1.54, 1.807) is 29.0 Å². The van der Waals surface area contributed by atoms with E-state index < -0.39 is 29.1 Å². The molecule has 36 heavy (non-hydrogen) atoms. The van der Waals surface area contributed by atoms with Crippen molar-refractivity contribution >= 4 is 17.7 Å². The van der Waals surface area contributed by atoms with Gasteiger partial charge in [-0.05, 0) is 38.5 Å². The van der Waals surface area contributed by atoms with Gasteiger partial charge in [0, 0.05) is 39.3 Å². The minimum atomic E-state index is -1.05. The van der Waals surface area contributed by atoms with Gasteiger partial charge in [0.2, 0.25) is 17.7 Å². The Balaban J connectivity index is 1.77. The van der Waals surface area contributed by atoms with E-state index in [-0.39, 0.29) is 42.8 Å². The van der Waals surface area contributed by atoms with Crippen LogP contribution >= 0.6 is 0 Å². The second kappa shape index (κ2) is 10.3. The van der Waals surface area contributed by atoms with Crippen LogP contribution in [0.2, 0.25) is 0 Å². The number of fused-ring (bicyclic) bond motifs is 1. The molecule has 3 heterocycles. The molecule has 3 amide bonds. The van der Waals surface area contributed by atoms with Crippen molar-refractivity contribution in [3.8, 4) is 0 Å². The van der Waals surface area contributed by atoms with E-state index in [4.69, 9.17) is 4.74 Å². The maximum atomic E-state index is 14.4. The van der Waals surface area contributed by atoms with Gasteiger partial charge in [-0.2, -0.15) is 0 Å².